The summed E-state index contributed by atoms with van der Waals surface area (Å²) < 4.78 is 27.4. The largest absolute Gasteiger partial charge is 0.438 e. The van der Waals surface area contributed by atoms with Gasteiger partial charge in [-0.25, -0.2) is 13.6 Å². The van der Waals surface area contributed by atoms with E-state index in [2.05, 4.69) is 15.5 Å². The second-order valence-corrected chi connectivity index (χ2v) is 6.89. The maximum Gasteiger partial charge on any atom is 0.287 e. The van der Waals surface area contributed by atoms with Crippen molar-refractivity contribution in [2.75, 3.05) is 6.54 Å². The molecule has 0 aliphatic heterocycles. The van der Waals surface area contributed by atoms with Gasteiger partial charge < -0.3 is 9.73 Å². The Labute approximate surface area is 130 Å². The normalized spacial score (nSPS) is 16.5. The number of sulfonamides is 1. The minimum atomic E-state index is -4.04. The van der Waals surface area contributed by atoms with Crippen molar-refractivity contribution in [3.63, 3.8) is 0 Å². The Bertz CT molecular complexity index is 810. The molecule has 22 heavy (non-hydrogen) atoms. The number of halogens is 1. The molecule has 0 atom stereocenters. The molecule has 0 aromatic carbocycles. The van der Waals surface area contributed by atoms with Gasteiger partial charge in [-0.05, 0) is 24.4 Å². The highest BCUT2D eigenvalue weighted by Gasteiger charge is 2.47. The van der Waals surface area contributed by atoms with E-state index in [9.17, 15) is 13.2 Å². The molecule has 0 unspecified atom stereocenters. The summed E-state index contributed by atoms with van der Waals surface area (Å²) in [6, 6.07) is 0.999. The van der Waals surface area contributed by atoms with Gasteiger partial charge in [0.25, 0.3) is 5.91 Å². The lowest BCUT2D eigenvalue weighted by molar-refractivity contribution is 0.0915. The van der Waals surface area contributed by atoms with E-state index < -0.39 is 26.0 Å². The predicted molar refractivity (Wildman–Crippen MR) is 74.7 cm³/mol. The highest BCUT2D eigenvalue weighted by molar-refractivity contribution is 7.89. The number of nitrogens with two attached hydrogens (primary N) is 1. The number of furan rings is 1. The molecule has 2 aromatic rings. The molecule has 118 valence electrons. The fourth-order valence-corrected chi connectivity index (χ4v) is 3.04. The summed E-state index contributed by atoms with van der Waals surface area (Å²) in [5.41, 5.74) is -0.335. The van der Waals surface area contributed by atoms with E-state index in [0.29, 0.717) is 6.54 Å². The number of nitrogens with zero attached hydrogens (tertiary/aromatic N) is 3. The van der Waals surface area contributed by atoms with Crippen molar-refractivity contribution in [3.8, 4) is 0 Å². The zero-order valence-corrected chi connectivity index (χ0v) is 12.8. The molecule has 11 heteroatoms. The van der Waals surface area contributed by atoms with Crippen LogP contribution in [0.2, 0.25) is 5.22 Å². The van der Waals surface area contributed by atoms with Gasteiger partial charge in [-0.15, -0.1) is 0 Å². The second-order valence-electron chi connectivity index (χ2n) is 5.02. The first-order chi connectivity index (χ1) is 10.3. The van der Waals surface area contributed by atoms with Crippen LogP contribution in [0.15, 0.2) is 27.8 Å². The molecule has 0 radical (unpaired) electrons. The van der Waals surface area contributed by atoms with Crippen LogP contribution in [-0.2, 0) is 15.6 Å². The number of nitrogens with one attached hydrogen (secondary N) is 1. The van der Waals surface area contributed by atoms with Crippen LogP contribution in [0.5, 0.6) is 0 Å². The first-order valence-corrected chi connectivity index (χ1v) is 8.21. The summed E-state index contributed by atoms with van der Waals surface area (Å²) >= 11 is 5.63. The molecule has 1 aliphatic rings. The molecule has 1 aliphatic carbocycles. The second kappa shape index (κ2) is 5.07. The lowest BCUT2D eigenvalue weighted by Gasteiger charge is -2.14. The molecule has 0 bridgehead atoms. The summed E-state index contributed by atoms with van der Waals surface area (Å²) in [5.74, 6) is -0.812. The SMILES string of the molecule is NS(=O)(=O)c1cc(C(=O)NCC2(n3nccn3)CC2)oc1Cl. The van der Waals surface area contributed by atoms with Crippen LogP contribution in [0.3, 0.4) is 0 Å². The fraction of sp³-hybridized carbons (Fsp3) is 0.364. The zero-order valence-electron chi connectivity index (χ0n) is 11.2. The van der Waals surface area contributed by atoms with Gasteiger partial charge in [-0.1, -0.05) is 0 Å². The van der Waals surface area contributed by atoms with E-state index in [1.807, 2.05) is 0 Å². The fourth-order valence-electron chi connectivity index (χ4n) is 2.04. The lowest BCUT2D eigenvalue weighted by Crippen LogP contribution is -2.36. The molecular weight excluding hydrogens is 334 g/mol. The van der Waals surface area contributed by atoms with E-state index >= 15 is 0 Å². The first kappa shape index (κ1) is 15.0. The summed E-state index contributed by atoms with van der Waals surface area (Å²) in [5, 5.41) is 15.3. The van der Waals surface area contributed by atoms with Crippen LogP contribution < -0.4 is 10.5 Å². The van der Waals surface area contributed by atoms with E-state index in [0.717, 1.165) is 18.9 Å². The summed E-state index contributed by atoms with van der Waals surface area (Å²) in [7, 11) is -4.04. The van der Waals surface area contributed by atoms with Crippen molar-refractivity contribution in [1.82, 2.24) is 20.3 Å². The third-order valence-electron chi connectivity index (χ3n) is 3.43. The number of primary sulfonamides is 1. The number of hydrogen-bond donors (Lipinski definition) is 2. The summed E-state index contributed by atoms with van der Waals surface area (Å²) in [6.45, 7) is 0.295. The van der Waals surface area contributed by atoms with Gasteiger partial charge >= 0.3 is 0 Å². The Morgan fingerprint density at radius 1 is 1.45 bits per heavy atom. The van der Waals surface area contributed by atoms with Crippen LogP contribution in [0.1, 0.15) is 23.4 Å². The monoisotopic (exact) mass is 345 g/mol. The van der Waals surface area contributed by atoms with Crippen molar-refractivity contribution >= 4 is 27.5 Å². The van der Waals surface area contributed by atoms with Crippen LogP contribution in [0.25, 0.3) is 0 Å². The molecular formula is C11H12ClN5O4S. The van der Waals surface area contributed by atoms with Gasteiger partial charge in [-0.3, -0.25) is 4.79 Å². The predicted octanol–water partition coefficient (Wildman–Crippen LogP) is 0.0910. The molecule has 9 nitrogen and oxygen atoms in total. The third kappa shape index (κ3) is 2.72. The van der Waals surface area contributed by atoms with Crippen molar-refractivity contribution in [3.05, 3.63) is 29.4 Å². The summed E-state index contributed by atoms with van der Waals surface area (Å²) in [4.78, 5) is 13.2. The van der Waals surface area contributed by atoms with Crippen molar-refractivity contribution in [2.24, 2.45) is 5.14 Å². The minimum absolute atomic E-state index is 0.224. The Hall–Kier alpha value is -1.91. The van der Waals surface area contributed by atoms with Gasteiger partial charge in [0.1, 0.15) is 4.90 Å². The van der Waals surface area contributed by atoms with Crippen molar-refractivity contribution in [2.45, 2.75) is 23.3 Å². The smallest absolute Gasteiger partial charge is 0.287 e. The number of aromatic nitrogens is 3. The van der Waals surface area contributed by atoms with Gasteiger partial charge in [0.05, 0.1) is 17.9 Å². The van der Waals surface area contributed by atoms with E-state index in [1.54, 1.807) is 17.2 Å². The molecule has 0 spiro atoms. The number of carbonyl (C=O) groups is 1. The molecule has 1 saturated carbocycles. The minimum Gasteiger partial charge on any atom is -0.438 e. The molecule has 3 rings (SSSR count). The van der Waals surface area contributed by atoms with Crippen LogP contribution in [0, 0.1) is 0 Å². The quantitative estimate of drug-likeness (QED) is 0.789. The zero-order chi connectivity index (χ0) is 16.0. The lowest BCUT2D eigenvalue weighted by atomic mass is 10.3. The highest BCUT2D eigenvalue weighted by atomic mass is 35.5. The number of hydrogen-bond acceptors (Lipinski definition) is 6. The molecule has 1 amide bonds. The Kier molecular flexibility index (Phi) is 3.46. The van der Waals surface area contributed by atoms with Crippen LogP contribution >= 0.6 is 11.6 Å². The van der Waals surface area contributed by atoms with Crippen LogP contribution in [0.4, 0.5) is 0 Å². The van der Waals surface area contributed by atoms with Gasteiger partial charge in [0, 0.05) is 12.6 Å². The van der Waals surface area contributed by atoms with Gasteiger partial charge in [-0.2, -0.15) is 15.0 Å². The topological polar surface area (TPSA) is 133 Å². The van der Waals surface area contributed by atoms with Crippen molar-refractivity contribution < 1.29 is 17.6 Å². The maximum atomic E-state index is 12.0. The molecule has 2 heterocycles. The number of amides is 1. The van der Waals surface area contributed by atoms with Gasteiger partial charge in [0.2, 0.25) is 15.2 Å². The van der Waals surface area contributed by atoms with E-state index in [1.165, 1.54) is 0 Å². The molecule has 1 fully saturated rings. The van der Waals surface area contributed by atoms with Crippen LogP contribution in [-0.4, -0.2) is 35.9 Å². The highest BCUT2D eigenvalue weighted by Crippen LogP contribution is 2.41. The molecule has 2 aromatic heterocycles. The third-order valence-corrected chi connectivity index (χ3v) is 4.74. The van der Waals surface area contributed by atoms with E-state index in [-0.39, 0.29) is 11.3 Å². The Balaban J connectivity index is 1.71. The average Bonchev–Trinajstić information content (AvgIpc) is 2.89. The first-order valence-electron chi connectivity index (χ1n) is 6.29. The molecule has 0 saturated heterocycles. The number of rotatable bonds is 5. The Morgan fingerprint density at radius 2 is 2.09 bits per heavy atom. The summed E-state index contributed by atoms with van der Waals surface area (Å²) in [6.07, 6.45) is 4.80. The Morgan fingerprint density at radius 3 is 2.59 bits per heavy atom. The van der Waals surface area contributed by atoms with Crippen molar-refractivity contribution in [1.29, 1.82) is 0 Å². The standard InChI is InChI=1S/C11H12ClN5O4S/c12-9-8(22(13,19)20)5-7(21-9)10(18)14-6-11(1-2-11)17-15-3-4-16-17/h3-5H,1-2,6H2,(H,14,18)(H2,13,19,20). The van der Waals surface area contributed by atoms with E-state index in [4.69, 9.17) is 21.2 Å². The maximum absolute atomic E-state index is 12.0. The molecule has 3 N–H and O–H groups in total. The van der Waals surface area contributed by atoms with Gasteiger partial charge in [0.15, 0.2) is 5.76 Å². The number of carbonyl (C=O) groups excluding carboxylic acids is 1. The average molecular weight is 346 g/mol.